The summed E-state index contributed by atoms with van der Waals surface area (Å²) in [7, 11) is 0. The second-order valence-electron chi connectivity index (χ2n) is 7.86. The molecule has 0 unspecified atom stereocenters. The maximum atomic E-state index is 13.3. The number of allylic oxidation sites excluding steroid dienone is 1. The van der Waals surface area contributed by atoms with Gasteiger partial charge in [0.15, 0.2) is 5.78 Å². The van der Waals surface area contributed by atoms with E-state index < -0.39 is 5.91 Å². The summed E-state index contributed by atoms with van der Waals surface area (Å²) in [6.45, 7) is 0. The minimum atomic E-state index is -0.474. The van der Waals surface area contributed by atoms with Crippen LogP contribution in [0.3, 0.4) is 0 Å². The zero-order chi connectivity index (χ0) is 26.2. The molecule has 0 radical (unpaired) electrons. The monoisotopic (exact) mass is 617 g/mol. The van der Waals surface area contributed by atoms with Gasteiger partial charge in [0.25, 0.3) is 11.8 Å². The molecule has 0 fully saturated rings. The molecule has 4 aromatic rings. The highest BCUT2D eigenvalue weighted by Gasteiger charge is 2.20. The van der Waals surface area contributed by atoms with Gasteiger partial charge in [0.2, 0.25) is 0 Å². The summed E-state index contributed by atoms with van der Waals surface area (Å²) in [5, 5.41) is 2.88. The fraction of sp³-hybridized carbons (Fsp3) is 0. The Morgan fingerprint density at radius 2 is 1.38 bits per heavy atom. The van der Waals surface area contributed by atoms with Crippen LogP contribution in [0.25, 0.3) is 6.08 Å². The van der Waals surface area contributed by atoms with Gasteiger partial charge in [-0.15, -0.1) is 0 Å². The van der Waals surface area contributed by atoms with Crippen LogP contribution >= 0.6 is 31.9 Å². The van der Waals surface area contributed by atoms with Crippen LogP contribution in [0.4, 0.5) is 11.4 Å². The molecule has 0 saturated heterocycles. The third-order valence-electron chi connectivity index (χ3n) is 5.30. The van der Waals surface area contributed by atoms with Crippen LogP contribution in [0.1, 0.15) is 36.6 Å². The van der Waals surface area contributed by atoms with Gasteiger partial charge in [-0.2, -0.15) is 0 Å². The van der Waals surface area contributed by atoms with Crippen LogP contribution in [-0.4, -0.2) is 17.6 Å². The smallest absolute Gasteiger partial charge is 0.270 e. The van der Waals surface area contributed by atoms with E-state index in [0.29, 0.717) is 31.4 Å². The van der Waals surface area contributed by atoms with Gasteiger partial charge < -0.3 is 5.32 Å². The molecule has 0 aliphatic carbocycles. The molecule has 8 heteroatoms. The fourth-order valence-electron chi connectivity index (χ4n) is 3.51. The molecular formula is C29H21Br2N3O3. The van der Waals surface area contributed by atoms with Crippen molar-refractivity contribution in [2.45, 2.75) is 0 Å². The Hall–Kier alpha value is -4.01. The molecule has 0 spiro atoms. The van der Waals surface area contributed by atoms with Crippen LogP contribution in [-0.2, 0) is 0 Å². The van der Waals surface area contributed by atoms with Crippen molar-refractivity contribution in [3.8, 4) is 0 Å². The molecule has 3 N–H and O–H groups in total. The molecule has 0 aliphatic heterocycles. The van der Waals surface area contributed by atoms with Crippen molar-refractivity contribution in [3.05, 3.63) is 134 Å². The van der Waals surface area contributed by atoms with E-state index in [1.165, 1.54) is 6.08 Å². The van der Waals surface area contributed by atoms with E-state index in [1.54, 1.807) is 72.8 Å². The Kier molecular flexibility index (Phi) is 8.66. The average molecular weight is 619 g/mol. The van der Waals surface area contributed by atoms with Crippen LogP contribution < -0.4 is 16.2 Å². The number of rotatable bonds is 8. The van der Waals surface area contributed by atoms with Crippen molar-refractivity contribution >= 4 is 66.9 Å². The molecule has 0 heterocycles. The summed E-state index contributed by atoms with van der Waals surface area (Å²) < 4.78 is 1.10. The second-order valence-corrected chi connectivity index (χ2v) is 9.63. The Morgan fingerprint density at radius 3 is 2.11 bits per heavy atom. The average Bonchev–Trinajstić information content (AvgIpc) is 2.91. The van der Waals surface area contributed by atoms with E-state index in [1.807, 2.05) is 30.3 Å². The van der Waals surface area contributed by atoms with Gasteiger partial charge in [-0.25, -0.2) is 0 Å². The largest absolute Gasteiger partial charge is 0.321 e. The summed E-state index contributed by atoms with van der Waals surface area (Å²) in [4.78, 5) is 38.9. The lowest BCUT2D eigenvalue weighted by atomic mass is 10.0. The SMILES string of the molecule is O=C(Nc1ccccc1/C=C/C(=O)c1c(Br)cc(Br)cc1C(=O)NNc1ccccc1)c1ccccc1. The van der Waals surface area contributed by atoms with Gasteiger partial charge in [-0.1, -0.05) is 70.5 Å². The van der Waals surface area contributed by atoms with E-state index in [-0.39, 0.29) is 22.8 Å². The van der Waals surface area contributed by atoms with Crippen LogP contribution in [0.15, 0.2) is 112 Å². The van der Waals surface area contributed by atoms with Gasteiger partial charge in [0, 0.05) is 25.8 Å². The summed E-state index contributed by atoms with van der Waals surface area (Å²) in [5.74, 6) is -1.11. The lowest BCUT2D eigenvalue weighted by Crippen LogP contribution is -2.30. The number of amides is 2. The normalized spacial score (nSPS) is 10.6. The Morgan fingerprint density at radius 1 is 0.730 bits per heavy atom. The maximum absolute atomic E-state index is 13.3. The van der Waals surface area contributed by atoms with Crippen LogP contribution in [0.2, 0.25) is 0 Å². The van der Waals surface area contributed by atoms with Crippen molar-refractivity contribution in [1.82, 2.24) is 5.43 Å². The van der Waals surface area contributed by atoms with E-state index in [0.717, 1.165) is 0 Å². The summed E-state index contributed by atoms with van der Waals surface area (Å²) >= 11 is 6.81. The number of carbonyl (C=O) groups excluding carboxylic acids is 3. The Balaban J connectivity index is 1.56. The molecule has 4 aromatic carbocycles. The van der Waals surface area contributed by atoms with Crippen molar-refractivity contribution in [1.29, 1.82) is 0 Å². The first kappa shape index (κ1) is 26.1. The van der Waals surface area contributed by atoms with E-state index >= 15 is 0 Å². The second kappa shape index (κ2) is 12.3. The number of ketones is 1. The predicted molar refractivity (Wildman–Crippen MR) is 154 cm³/mol. The number of carbonyl (C=O) groups is 3. The number of para-hydroxylation sites is 2. The van der Waals surface area contributed by atoms with Crippen molar-refractivity contribution < 1.29 is 14.4 Å². The van der Waals surface area contributed by atoms with Gasteiger partial charge in [0.05, 0.1) is 11.3 Å². The van der Waals surface area contributed by atoms with Gasteiger partial charge in [0.1, 0.15) is 0 Å². The number of benzene rings is 4. The quantitative estimate of drug-likeness (QED) is 0.111. The third-order valence-corrected chi connectivity index (χ3v) is 6.38. The number of hydrazine groups is 1. The molecule has 2 amide bonds. The molecule has 0 bridgehead atoms. The standard InChI is InChI=1S/C29H21Br2N3O3/c30-21-17-23(29(37)34-33-22-12-5-2-6-13-22)27(24(31)18-21)26(35)16-15-19-9-7-8-14-25(19)32-28(36)20-10-3-1-4-11-20/h1-18,33H,(H,32,36)(H,34,37)/b16-15+. The van der Waals surface area contributed by atoms with Crippen molar-refractivity contribution in [2.75, 3.05) is 10.7 Å². The molecule has 184 valence electrons. The first-order chi connectivity index (χ1) is 17.9. The maximum Gasteiger partial charge on any atom is 0.270 e. The fourth-order valence-corrected chi connectivity index (χ4v) is 4.93. The summed E-state index contributed by atoms with van der Waals surface area (Å²) in [6.07, 6.45) is 2.99. The van der Waals surface area contributed by atoms with Crippen molar-refractivity contribution in [3.63, 3.8) is 0 Å². The molecule has 0 saturated carbocycles. The minimum Gasteiger partial charge on any atom is -0.321 e. The van der Waals surface area contributed by atoms with Gasteiger partial charge >= 0.3 is 0 Å². The summed E-state index contributed by atoms with van der Waals surface area (Å²) in [5.41, 5.74) is 8.29. The Bertz CT molecular complexity index is 1470. The van der Waals surface area contributed by atoms with E-state index in [9.17, 15) is 14.4 Å². The number of hydrogen-bond donors (Lipinski definition) is 3. The molecule has 37 heavy (non-hydrogen) atoms. The van der Waals surface area contributed by atoms with E-state index in [2.05, 4.69) is 48.0 Å². The van der Waals surface area contributed by atoms with Crippen molar-refractivity contribution in [2.24, 2.45) is 0 Å². The minimum absolute atomic E-state index is 0.185. The molecule has 0 atom stereocenters. The van der Waals surface area contributed by atoms with Gasteiger partial charge in [-0.3, -0.25) is 25.2 Å². The van der Waals surface area contributed by atoms with Crippen LogP contribution in [0, 0.1) is 0 Å². The highest BCUT2D eigenvalue weighted by molar-refractivity contribution is 9.11. The first-order valence-corrected chi connectivity index (χ1v) is 12.8. The molecule has 0 aromatic heterocycles. The lowest BCUT2D eigenvalue weighted by Gasteiger charge is -2.13. The number of anilines is 2. The predicted octanol–water partition coefficient (Wildman–Crippen LogP) is 7.12. The highest BCUT2D eigenvalue weighted by atomic mass is 79.9. The highest BCUT2D eigenvalue weighted by Crippen LogP contribution is 2.28. The molecule has 0 aliphatic rings. The molecular weight excluding hydrogens is 598 g/mol. The van der Waals surface area contributed by atoms with E-state index in [4.69, 9.17) is 0 Å². The number of nitrogens with one attached hydrogen (secondary N) is 3. The first-order valence-electron chi connectivity index (χ1n) is 11.2. The number of halogens is 2. The zero-order valence-electron chi connectivity index (χ0n) is 19.4. The Labute approximate surface area is 231 Å². The topological polar surface area (TPSA) is 87.3 Å². The zero-order valence-corrected chi connectivity index (χ0v) is 22.5. The third kappa shape index (κ3) is 6.81. The van der Waals surface area contributed by atoms with Gasteiger partial charge in [-0.05, 0) is 76.1 Å². The summed E-state index contributed by atoms with van der Waals surface area (Å²) in [6, 6.07) is 28.5. The number of hydrogen-bond acceptors (Lipinski definition) is 4. The molecule has 6 nitrogen and oxygen atoms in total. The lowest BCUT2D eigenvalue weighted by molar-refractivity contribution is 0.0950. The van der Waals surface area contributed by atoms with Crippen LogP contribution in [0.5, 0.6) is 0 Å². The molecule has 4 rings (SSSR count).